The van der Waals surface area contributed by atoms with E-state index in [-0.39, 0.29) is 6.03 Å². The third-order valence-corrected chi connectivity index (χ3v) is 2.41. The number of hydrogen-bond donors (Lipinski definition) is 3. The average Bonchev–Trinajstić information content (AvgIpc) is 2.26. The van der Waals surface area contributed by atoms with Crippen LogP contribution in [0.3, 0.4) is 0 Å². The van der Waals surface area contributed by atoms with Crippen LogP contribution in [-0.2, 0) is 4.79 Å². The van der Waals surface area contributed by atoms with Gasteiger partial charge in [0.15, 0.2) is 0 Å². The van der Waals surface area contributed by atoms with Crippen LogP contribution in [0.25, 0.3) is 0 Å². The highest BCUT2D eigenvalue weighted by atomic mass is 16.4. The van der Waals surface area contributed by atoms with Gasteiger partial charge in [-0.25, -0.2) is 9.59 Å². The van der Waals surface area contributed by atoms with Gasteiger partial charge in [-0.2, -0.15) is 0 Å². The summed E-state index contributed by atoms with van der Waals surface area (Å²) >= 11 is 0. The molecule has 1 saturated heterocycles. The van der Waals surface area contributed by atoms with Crippen molar-refractivity contribution in [3.63, 3.8) is 0 Å². The molecule has 1 fully saturated rings. The number of hydrogen-bond acceptors (Lipinski definition) is 3. The molecule has 86 valence electrons. The summed E-state index contributed by atoms with van der Waals surface area (Å²) in [5.74, 6) is -0.985. The number of carboxylic acids is 1. The number of carbonyl (C=O) groups excluding carboxylic acids is 1. The predicted octanol–water partition coefficient (Wildman–Crippen LogP) is -0.536. The van der Waals surface area contributed by atoms with E-state index in [1.165, 1.54) is 0 Å². The van der Waals surface area contributed by atoms with Gasteiger partial charge in [-0.3, -0.25) is 0 Å². The van der Waals surface area contributed by atoms with Crippen LogP contribution >= 0.6 is 0 Å². The Labute approximate surface area is 88.6 Å². The van der Waals surface area contributed by atoms with Gasteiger partial charge < -0.3 is 20.6 Å². The highest BCUT2D eigenvalue weighted by molar-refractivity contribution is 5.82. The molecule has 1 atom stereocenters. The Hall–Kier alpha value is -1.30. The van der Waals surface area contributed by atoms with Gasteiger partial charge >= 0.3 is 12.0 Å². The lowest BCUT2D eigenvalue weighted by Crippen LogP contribution is -2.53. The molecule has 0 aromatic rings. The minimum Gasteiger partial charge on any atom is -0.480 e. The number of aliphatic carboxylic acids is 1. The monoisotopic (exact) mass is 215 g/mol. The van der Waals surface area contributed by atoms with E-state index < -0.39 is 12.0 Å². The predicted molar refractivity (Wildman–Crippen MR) is 54.7 cm³/mol. The zero-order valence-electron chi connectivity index (χ0n) is 8.82. The van der Waals surface area contributed by atoms with Gasteiger partial charge in [0.1, 0.15) is 6.04 Å². The molecule has 0 bridgehead atoms. The highest BCUT2D eigenvalue weighted by Gasteiger charge is 2.22. The molecule has 1 aliphatic heterocycles. The molecule has 1 aliphatic rings. The third-order valence-electron chi connectivity index (χ3n) is 2.41. The van der Waals surface area contributed by atoms with E-state index in [0.29, 0.717) is 19.5 Å². The minimum atomic E-state index is -0.985. The molecule has 0 aromatic carbocycles. The van der Waals surface area contributed by atoms with E-state index in [4.69, 9.17) is 5.11 Å². The molecule has 0 unspecified atom stereocenters. The first-order valence-electron chi connectivity index (χ1n) is 5.14. The molecular weight excluding hydrogens is 198 g/mol. The summed E-state index contributed by atoms with van der Waals surface area (Å²) in [6.07, 6.45) is 0.396. The molecular formula is C9H17N3O3. The SMILES string of the molecule is CC[C@H](NC(=O)N1CCNCC1)C(=O)O. The van der Waals surface area contributed by atoms with Gasteiger partial charge in [0, 0.05) is 26.2 Å². The van der Waals surface area contributed by atoms with Crippen molar-refractivity contribution in [3.05, 3.63) is 0 Å². The molecule has 1 rings (SSSR count). The van der Waals surface area contributed by atoms with E-state index >= 15 is 0 Å². The molecule has 2 amide bonds. The second-order valence-corrected chi connectivity index (χ2v) is 3.49. The maximum Gasteiger partial charge on any atom is 0.326 e. The average molecular weight is 215 g/mol. The summed E-state index contributed by atoms with van der Waals surface area (Å²) in [6, 6.07) is -1.07. The summed E-state index contributed by atoms with van der Waals surface area (Å²) < 4.78 is 0. The first kappa shape index (κ1) is 11.8. The van der Waals surface area contributed by atoms with Crippen molar-refractivity contribution in [2.75, 3.05) is 26.2 Å². The van der Waals surface area contributed by atoms with Crippen LogP contribution in [-0.4, -0.2) is 54.2 Å². The second-order valence-electron chi connectivity index (χ2n) is 3.49. The Morgan fingerprint density at radius 3 is 2.53 bits per heavy atom. The van der Waals surface area contributed by atoms with Crippen molar-refractivity contribution in [2.45, 2.75) is 19.4 Å². The fourth-order valence-corrected chi connectivity index (χ4v) is 1.45. The largest absolute Gasteiger partial charge is 0.480 e. The Balaban J connectivity index is 2.42. The van der Waals surface area contributed by atoms with Gasteiger partial charge in [-0.05, 0) is 6.42 Å². The molecule has 15 heavy (non-hydrogen) atoms. The second kappa shape index (κ2) is 5.55. The van der Waals surface area contributed by atoms with Gasteiger partial charge in [-0.1, -0.05) is 6.92 Å². The summed E-state index contributed by atoms with van der Waals surface area (Å²) in [5.41, 5.74) is 0. The van der Waals surface area contributed by atoms with Crippen molar-refractivity contribution in [1.82, 2.24) is 15.5 Å². The van der Waals surface area contributed by atoms with E-state index in [2.05, 4.69) is 10.6 Å². The maximum absolute atomic E-state index is 11.6. The quantitative estimate of drug-likeness (QED) is 0.591. The topological polar surface area (TPSA) is 81.7 Å². The fourth-order valence-electron chi connectivity index (χ4n) is 1.45. The van der Waals surface area contributed by atoms with E-state index in [1.54, 1.807) is 11.8 Å². The van der Waals surface area contributed by atoms with Gasteiger partial charge in [0.25, 0.3) is 0 Å². The molecule has 3 N–H and O–H groups in total. The lowest BCUT2D eigenvalue weighted by atomic mass is 10.2. The summed E-state index contributed by atoms with van der Waals surface area (Å²) in [4.78, 5) is 23.9. The smallest absolute Gasteiger partial charge is 0.326 e. The number of rotatable bonds is 3. The third kappa shape index (κ3) is 3.39. The van der Waals surface area contributed by atoms with Gasteiger partial charge in [0.2, 0.25) is 0 Å². The van der Waals surface area contributed by atoms with Crippen molar-refractivity contribution < 1.29 is 14.7 Å². The summed E-state index contributed by atoms with van der Waals surface area (Å²) in [5, 5.41) is 14.4. The Morgan fingerprint density at radius 2 is 2.07 bits per heavy atom. The van der Waals surface area contributed by atoms with Crippen LogP contribution in [0.2, 0.25) is 0 Å². The number of urea groups is 1. The number of amides is 2. The van der Waals surface area contributed by atoms with Crippen LogP contribution in [0.4, 0.5) is 4.79 Å². The molecule has 0 saturated carbocycles. The molecule has 1 heterocycles. The summed E-state index contributed by atoms with van der Waals surface area (Å²) in [6.45, 7) is 4.51. The first-order chi connectivity index (χ1) is 7.15. The maximum atomic E-state index is 11.6. The normalized spacial score (nSPS) is 18.3. The first-order valence-corrected chi connectivity index (χ1v) is 5.14. The number of piperazine rings is 1. The van der Waals surface area contributed by atoms with Crippen LogP contribution in [0, 0.1) is 0 Å². The molecule has 0 radical (unpaired) electrons. The Bertz CT molecular complexity index is 239. The standard InChI is InChI=1S/C9H17N3O3/c1-2-7(8(13)14)11-9(15)12-5-3-10-4-6-12/h7,10H,2-6H2,1H3,(H,11,15)(H,13,14)/t7-/m0/s1. The van der Waals surface area contributed by atoms with E-state index in [1.807, 2.05) is 0 Å². The van der Waals surface area contributed by atoms with E-state index in [9.17, 15) is 9.59 Å². The molecule has 0 aliphatic carbocycles. The van der Waals surface area contributed by atoms with E-state index in [0.717, 1.165) is 13.1 Å². The zero-order valence-corrected chi connectivity index (χ0v) is 8.82. The van der Waals surface area contributed by atoms with Crippen LogP contribution in [0.5, 0.6) is 0 Å². The molecule has 6 nitrogen and oxygen atoms in total. The van der Waals surface area contributed by atoms with Gasteiger partial charge in [0.05, 0.1) is 0 Å². The van der Waals surface area contributed by atoms with Crippen LogP contribution in [0.1, 0.15) is 13.3 Å². The molecule has 0 aromatic heterocycles. The van der Waals surface area contributed by atoms with Crippen molar-refractivity contribution in [3.8, 4) is 0 Å². The summed E-state index contributed by atoms with van der Waals surface area (Å²) in [7, 11) is 0. The van der Waals surface area contributed by atoms with Crippen molar-refractivity contribution in [1.29, 1.82) is 0 Å². The molecule has 0 spiro atoms. The fraction of sp³-hybridized carbons (Fsp3) is 0.778. The van der Waals surface area contributed by atoms with Gasteiger partial charge in [-0.15, -0.1) is 0 Å². The number of carbonyl (C=O) groups is 2. The Morgan fingerprint density at radius 1 is 1.47 bits per heavy atom. The number of nitrogens with one attached hydrogen (secondary N) is 2. The number of nitrogens with zero attached hydrogens (tertiary/aromatic N) is 1. The van der Waals surface area contributed by atoms with Crippen LogP contribution < -0.4 is 10.6 Å². The Kier molecular flexibility index (Phi) is 4.36. The zero-order chi connectivity index (χ0) is 11.3. The molecule has 6 heteroatoms. The lowest BCUT2D eigenvalue weighted by Gasteiger charge is -2.28. The minimum absolute atomic E-state index is 0.286. The van der Waals surface area contributed by atoms with Crippen molar-refractivity contribution >= 4 is 12.0 Å². The number of carboxylic acid groups (broad SMARTS) is 1. The highest BCUT2D eigenvalue weighted by Crippen LogP contribution is 1.97. The van der Waals surface area contributed by atoms with Crippen LogP contribution in [0.15, 0.2) is 0 Å². The van der Waals surface area contributed by atoms with Crippen molar-refractivity contribution in [2.24, 2.45) is 0 Å². The lowest BCUT2D eigenvalue weighted by molar-refractivity contribution is -0.139.